The van der Waals surface area contributed by atoms with Gasteiger partial charge in [0.2, 0.25) is 0 Å². The molecule has 0 bridgehead atoms. The Balaban J connectivity index is 1.39. The zero-order chi connectivity index (χ0) is 18.4. The maximum atomic E-state index is 12.3. The molecule has 2 aromatic rings. The molecule has 1 aliphatic heterocycles. The van der Waals surface area contributed by atoms with Crippen LogP contribution in [0, 0.1) is 6.92 Å². The van der Waals surface area contributed by atoms with Crippen LogP contribution in [0.4, 0.5) is 0 Å². The van der Waals surface area contributed by atoms with Crippen LogP contribution in [0.25, 0.3) is 0 Å². The molecule has 0 spiro atoms. The highest BCUT2D eigenvalue weighted by molar-refractivity contribution is 5.81. The molecule has 5 nitrogen and oxygen atoms in total. The second-order valence-electron chi connectivity index (χ2n) is 6.36. The van der Waals surface area contributed by atoms with E-state index in [4.69, 9.17) is 9.47 Å². The van der Waals surface area contributed by atoms with Gasteiger partial charge in [-0.05, 0) is 36.1 Å². The van der Waals surface area contributed by atoms with Crippen LogP contribution in [0.15, 0.2) is 48.5 Å². The highest BCUT2D eigenvalue weighted by Crippen LogP contribution is 2.18. The summed E-state index contributed by atoms with van der Waals surface area (Å²) in [5, 5.41) is 0. The van der Waals surface area contributed by atoms with Gasteiger partial charge in [-0.2, -0.15) is 0 Å². The van der Waals surface area contributed by atoms with E-state index in [0.717, 1.165) is 23.3 Å². The molecule has 0 atom stereocenters. The molecule has 26 heavy (non-hydrogen) atoms. The molecule has 1 aliphatic rings. The van der Waals surface area contributed by atoms with Crippen molar-refractivity contribution in [2.75, 3.05) is 19.8 Å². The van der Waals surface area contributed by atoms with Crippen LogP contribution in [-0.4, -0.2) is 36.5 Å². The van der Waals surface area contributed by atoms with Gasteiger partial charge in [0.25, 0.3) is 5.91 Å². The van der Waals surface area contributed by atoms with Crippen molar-refractivity contribution < 1.29 is 19.1 Å². The van der Waals surface area contributed by atoms with Gasteiger partial charge in [-0.3, -0.25) is 9.59 Å². The average molecular weight is 353 g/mol. The second-order valence-corrected chi connectivity index (χ2v) is 6.36. The topological polar surface area (TPSA) is 55.8 Å². The number of rotatable bonds is 6. The monoisotopic (exact) mass is 353 g/mol. The molecule has 1 amide bonds. The number of ether oxygens (including phenoxy) is 2. The third-order valence-corrected chi connectivity index (χ3v) is 4.50. The predicted molar refractivity (Wildman–Crippen MR) is 97.8 cm³/mol. The van der Waals surface area contributed by atoms with Crippen LogP contribution >= 0.6 is 0 Å². The molecule has 0 fully saturated rings. The Morgan fingerprint density at radius 1 is 1.04 bits per heavy atom. The lowest BCUT2D eigenvalue weighted by Gasteiger charge is -2.28. The Bertz CT molecular complexity index is 787. The van der Waals surface area contributed by atoms with Crippen molar-refractivity contribution in [3.8, 4) is 5.75 Å². The minimum atomic E-state index is -0.427. The van der Waals surface area contributed by atoms with E-state index in [1.54, 1.807) is 4.90 Å². The third kappa shape index (κ3) is 4.63. The molecule has 0 saturated heterocycles. The number of fused-ring (bicyclic) bond motifs is 1. The number of aryl methyl sites for hydroxylation is 1. The number of carbonyl (C=O) groups excluding carboxylic acids is 2. The smallest absolute Gasteiger partial charge is 0.309 e. The van der Waals surface area contributed by atoms with Crippen LogP contribution < -0.4 is 4.74 Å². The summed E-state index contributed by atoms with van der Waals surface area (Å²) in [7, 11) is 0. The standard InChI is InChI=1S/C21H23NO4/c1-16-6-2-5-9-19(16)25-13-11-21(24)26-15-20(23)22-12-10-17-7-3-4-8-18(17)14-22/h2-9H,10-15H2,1H3. The maximum absolute atomic E-state index is 12.3. The zero-order valence-corrected chi connectivity index (χ0v) is 14.9. The van der Waals surface area contributed by atoms with E-state index in [2.05, 4.69) is 6.07 Å². The Labute approximate surface area is 153 Å². The lowest BCUT2D eigenvalue weighted by atomic mass is 10.00. The molecule has 0 N–H and O–H groups in total. The van der Waals surface area contributed by atoms with Gasteiger partial charge in [-0.25, -0.2) is 0 Å². The molecule has 0 radical (unpaired) electrons. The van der Waals surface area contributed by atoms with Crippen LogP contribution in [0.1, 0.15) is 23.1 Å². The van der Waals surface area contributed by atoms with Gasteiger partial charge in [0, 0.05) is 13.1 Å². The molecule has 0 unspecified atom stereocenters. The van der Waals surface area contributed by atoms with Gasteiger partial charge < -0.3 is 14.4 Å². The van der Waals surface area contributed by atoms with Crippen molar-refractivity contribution in [2.24, 2.45) is 0 Å². The first-order valence-corrected chi connectivity index (χ1v) is 8.82. The summed E-state index contributed by atoms with van der Waals surface area (Å²) >= 11 is 0. The number of amides is 1. The third-order valence-electron chi connectivity index (χ3n) is 4.50. The molecule has 0 aliphatic carbocycles. The van der Waals surface area contributed by atoms with Gasteiger partial charge in [0.1, 0.15) is 5.75 Å². The van der Waals surface area contributed by atoms with E-state index >= 15 is 0 Å². The highest BCUT2D eigenvalue weighted by Gasteiger charge is 2.21. The average Bonchev–Trinajstić information content (AvgIpc) is 2.67. The van der Waals surface area contributed by atoms with Crippen LogP contribution in [0.3, 0.4) is 0 Å². The van der Waals surface area contributed by atoms with E-state index in [9.17, 15) is 9.59 Å². The van der Waals surface area contributed by atoms with Crippen molar-refractivity contribution in [3.05, 3.63) is 65.2 Å². The van der Waals surface area contributed by atoms with Crippen LogP contribution in [0.5, 0.6) is 5.75 Å². The number of esters is 1. The molecule has 136 valence electrons. The van der Waals surface area contributed by atoms with Crippen molar-refractivity contribution in [1.82, 2.24) is 4.90 Å². The fourth-order valence-electron chi connectivity index (χ4n) is 2.98. The Hall–Kier alpha value is -2.82. The first-order valence-electron chi connectivity index (χ1n) is 8.82. The van der Waals surface area contributed by atoms with Gasteiger partial charge in [-0.1, -0.05) is 42.5 Å². The summed E-state index contributed by atoms with van der Waals surface area (Å²) in [6.45, 7) is 3.19. The Morgan fingerprint density at radius 3 is 2.58 bits per heavy atom. The van der Waals surface area contributed by atoms with Gasteiger partial charge in [0.15, 0.2) is 6.61 Å². The van der Waals surface area contributed by atoms with Gasteiger partial charge >= 0.3 is 5.97 Å². The first kappa shape index (κ1) is 18.0. The van der Waals surface area contributed by atoms with Crippen LogP contribution in [0.2, 0.25) is 0 Å². The second kappa shape index (κ2) is 8.52. The molecule has 2 aromatic carbocycles. The quantitative estimate of drug-likeness (QED) is 0.750. The van der Waals surface area contributed by atoms with Crippen molar-refractivity contribution in [2.45, 2.75) is 26.3 Å². The molecule has 5 heteroatoms. The van der Waals surface area contributed by atoms with E-state index in [1.807, 2.05) is 49.4 Å². The summed E-state index contributed by atoms with van der Waals surface area (Å²) in [4.78, 5) is 25.8. The summed E-state index contributed by atoms with van der Waals surface area (Å²) < 4.78 is 10.7. The minimum Gasteiger partial charge on any atom is -0.493 e. The van der Waals surface area contributed by atoms with Gasteiger partial charge in [0.05, 0.1) is 13.0 Å². The molecule has 3 rings (SSSR count). The molecule has 1 heterocycles. The lowest BCUT2D eigenvalue weighted by Crippen LogP contribution is -2.38. The zero-order valence-electron chi connectivity index (χ0n) is 14.9. The molecule has 0 aromatic heterocycles. The van der Waals surface area contributed by atoms with Gasteiger partial charge in [-0.15, -0.1) is 0 Å². The number of para-hydroxylation sites is 1. The maximum Gasteiger partial charge on any atom is 0.309 e. The fourth-order valence-corrected chi connectivity index (χ4v) is 2.98. The lowest BCUT2D eigenvalue weighted by molar-refractivity contribution is -0.152. The number of hydrogen-bond donors (Lipinski definition) is 0. The van der Waals surface area contributed by atoms with Crippen molar-refractivity contribution >= 4 is 11.9 Å². The van der Waals surface area contributed by atoms with E-state index in [-0.39, 0.29) is 25.5 Å². The van der Waals surface area contributed by atoms with Crippen LogP contribution in [-0.2, 0) is 27.3 Å². The number of carbonyl (C=O) groups is 2. The number of hydrogen-bond acceptors (Lipinski definition) is 4. The SMILES string of the molecule is Cc1ccccc1OCCC(=O)OCC(=O)N1CCc2ccccc2C1. The predicted octanol–water partition coefficient (Wildman–Crippen LogP) is 2.89. The molecular formula is C21H23NO4. The van der Waals surface area contributed by atoms with E-state index in [1.165, 1.54) is 5.56 Å². The highest BCUT2D eigenvalue weighted by atomic mass is 16.5. The largest absolute Gasteiger partial charge is 0.493 e. The normalized spacial score (nSPS) is 13.0. The number of benzene rings is 2. The Morgan fingerprint density at radius 2 is 1.77 bits per heavy atom. The van der Waals surface area contributed by atoms with Crippen molar-refractivity contribution in [3.63, 3.8) is 0 Å². The fraction of sp³-hybridized carbons (Fsp3) is 0.333. The van der Waals surface area contributed by atoms with E-state index in [0.29, 0.717) is 13.1 Å². The van der Waals surface area contributed by atoms with E-state index < -0.39 is 5.97 Å². The summed E-state index contributed by atoms with van der Waals surface area (Å²) in [6.07, 6.45) is 0.949. The summed E-state index contributed by atoms with van der Waals surface area (Å²) in [6, 6.07) is 15.7. The first-order chi connectivity index (χ1) is 12.6. The summed E-state index contributed by atoms with van der Waals surface area (Å²) in [5.41, 5.74) is 3.45. The molecule has 0 saturated carbocycles. The summed E-state index contributed by atoms with van der Waals surface area (Å²) in [5.74, 6) is 0.167. The minimum absolute atomic E-state index is 0.116. The number of nitrogens with zero attached hydrogens (tertiary/aromatic N) is 1. The molecular weight excluding hydrogens is 330 g/mol. The Kier molecular flexibility index (Phi) is 5.89. The van der Waals surface area contributed by atoms with Crippen molar-refractivity contribution in [1.29, 1.82) is 0 Å².